The summed E-state index contributed by atoms with van der Waals surface area (Å²) in [5, 5.41) is 81.0. The number of aromatic carboxylic acids is 1. The van der Waals surface area contributed by atoms with E-state index in [-0.39, 0.29) is 131 Å². The van der Waals surface area contributed by atoms with Gasteiger partial charge in [0, 0.05) is 65.3 Å². The molecule has 0 saturated heterocycles. The highest BCUT2D eigenvalue weighted by Gasteiger charge is 2.39. The second-order valence-corrected chi connectivity index (χ2v) is 26.3. The van der Waals surface area contributed by atoms with Gasteiger partial charge in [0.2, 0.25) is 69.7 Å². The number of unbranched alkanes of at least 4 members (excludes halogenated alkanes) is 1. The molecular weight excluding hydrogens is 1720 g/mol. The molecule has 0 aliphatic carbocycles. The van der Waals surface area contributed by atoms with Crippen LogP contribution in [0.5, 0.6) is 11.5 Å². The molecule has 0 saturated carbocycles. The zero-order valence-corrected chi connectivity index (χ0v) is 65.8. The van der Waals surface area contributed by atoms with Crippen molar-refractivity contribution in [2.45, 2.75) is 92.8 Å². The number of carboxylic acid groups (broad SMARTS) is 3. The number of nitrogens with zero attached hydrogens (tertiary/aromatic N) is 3. The molecule has 1 amide bonds. The summed E-state index contributed by atoms with van der Waals surface area (Å²) >= 11 is 0. The fraction of sp³-hybridized carbons (Fsp3) is 0.296. The highest BCUT2D eigenvalue weighted by Crippen LogP contribution is 2.34. The number of carbonyl (C=O) groups excluding carboxylic acids is 4. The van der Waals surface area contributed by atoms with Gasteiger partial charge in [-0.05, 0) is 127 Å². The number of benzene rings is 7. The number of carbonyl (C=O) groups is 7. The molecule has 7 aromatic rings. The van der Waals surface area contributed by atoms with Crippen LogP contribution in [0.25, 0.3) is 0 Å². The number of alkyl halides is 1. The van der Waals surface area contributed by atoms with Crippen molar-refractivity contribution in [3.63, 3.8) is 0 Å². The highest BCUT2D eigenvalue weighted by molar-refractivity contribution is 8.06. The molecule has 656 valence electrons. The zero-order chi connectivity index (χ0) is 92.7. The molecule has 0 bridgehead atoms. The lowest BCUT2D eigenvalue weighted by Gasteiger charge is -2.21. The molecule has 0 fully saturated rings. The standard InChI is InChI=1S/C21H19B2F2NO8.2C14H5BF6O4.C8H6BFO4.C6H15N.C5H11NO2.C2H3N.CH3F.FH3OP2/c24-17-6-11(4-15-13(17)9-33-22(15)31)19(27)2-1-3-26(8-20(28)29)21(30)12-5-16-14(18(25)7-12)10-34-23(16)32;2*16-7-2-4(1-6-5(7)3-24-15(6)23)14(22)25-13-11(20)9(18)8(17)10(19)12(13)21;10-7-2-4(8(11)12)1-6-5(7)3-14-9(6)13;1-4-7(5-2)6-3;6-4-2-1-3-5(7)8;1-2-3;1-2;1-3-4-2/h4-7,31-32H,1-3,8-10H2,(H,28,29);2*1-2,23H,3H2;1-2,13H,3H2,(H,11,12);4-6H2,1-3H3;1-4,6H2,(H,7,8);1H3;1H3;2-4H/i;;;;;;;1D;. The number of nitriles is 1. The van der Waals surface area contributed by atoms with Crippen molar-refractivity contribution in [1.82, 2.24) is 9.80 Å². The number of amides is 1. The average molecular weight is 1790 g/mol. The number of rotatable bonds is 21. The number of Topliss-reactive ketones (excluding diaryl/α,β-unsaturated/α-hetero) is 1. The first kappa shape index (κ1) is 103. The largest absolute Gasteiger partial charge is 0.491 e. The van der Waals surface area contributed by atoms with Gasteiger partial charge >= 0.3 is 65.4 Å². The van der Waals surface area contributed by atoms with Gasteiger partial charge in [0.25, 0.3) is 5.91 Å². The topological polar surface area (TPSA) is 422 Å². The van der Waals surface area contributed by atoms with E-state index in [1.54, 1.807) is 6.07 Å². The van der Waals surface area contributed by atoms with Crippen molar-refractivity contribution in [3.8, 4) is 17.6 Å². The van der Waals surface area contributed by atoms with Gasteiger partial charge in [-0.15, -0.1) is 0 Å². The summed E-state index contributed by atoms with van der Waals surface area (Å²) in [5.41, 5.74) is 4.22. The Labute approximate surface area is 687 Å². The number of hydrogen-bond acceptors (Lipinski definition) is 23. The van der Waals surface area contributed by atoms with Crippen LogP contribution in [0, 0.1) is 98.6 Å². The monoisotopic (exact) mass is 1790 g/mol. The van der Waals surface area contributed by atoms with Gasteiger partial charge in [-0.25, -0.2) is 66.9 Å². The number of nitrogens with two attached hydrogens (primary N) is 1. The molecule has 5 heterocycles. The van der Waals surface area contributed by atoms with E-state index in [1.165, 1.54) is 44.8 Å². The third kappa shape index (κ3) is 27.8. The van der Waals surface area contributed by atoms with Crippen LogP contribution in [-0.4, -0.2) is 179 Å². The molecule has 7 aromatic carbocycles. The van der Waals surface area contributed by atoms with Crippen molar-refractivity contribution in [2.24, 2.45) is 5.73 Å². The predicted molar refractivity (Wildman–Crippen MR) is 403 cm³/mol. The molecule has 2 unspecified atom stereocenters. The number of ether oxygens (including phenoxy) is 2. The Kier molecular flexibility index (Phi) is 42.0. The van der Waals surface area contributed by atoms with Crippen molar-refractivity contribution < 1.29 is 187 Å². The average Bonchev–Trinajstić information content (AvgIpc) is 1.48. The van der Waals surface area contributed by atoms with Crippen molar-refractivity contribution >= 4 is 122 Å². The van der Waals surface area contributed by atoms with E-state index in [1.807, 2.05) is 0 Å². The lowest BCUT2D eigenvalue weighted by atomic mass is 9.78. The molecule has 51 heteroatoms. The Morgan fingerprint density at radius 3 is 1.03 bits per heavy atom. The number of carboxylic acids is 3. The van der Waals surface area contributed by atoms with Gasteiger partial charge in [0.15, 0.2) is 5.78 Å². The molecule has 0 aromatic heterocycles. The van der Waals surface area contributed by atoms with E-state index in [2.05, 4.69) is 35.1 Å². The van der Waals surface area contributed by atoms with Crippen LogP contribution in [0.3, 0.4) is 0 Å². The maximum atomic E-state index is 14.3. The summed E-state index contributed by atoms with van der Waals surface area (Å²) in [5.74, 6) is -38.8. The summed E-state index contributed by atoms with van der Waals surface area (Å²) in [7, 11) is -9.28. The molecule has 2 atom stereocenters. The van der Waals surface area contributed by atoms with E-state index in [4.69, 9.17) is 50.7 Å². The van der Waals surface area contributed by atoms with E-state index in [0.29, 0.717) is 25.1 Å². The van der Waals surface area contributed by atoms with Gasteiger partial charge in [-0.2, -0.15) is 22.8 Å². The Morgan fingerprint density at radius 1 is 0.475 bits per heavy atom. The Hall–Kier alpha value is -10.0. The lowest BCUT2D eigenvalue weighted by molar-refractivity contribution is -0.138. The molecule has 0 spiro atoms. The molecular formula is C71H70B5F17N4O23P2. The number of halogens is 17. The molecule has 5 aliphatic rings. The van der Waals surface area contributed by atoms with Crippen LogP contribution in [0.2, 0.25) is 0 Å². The minimum absolute atomic E-state index is 0.0200. The van der Waals surface area contributed by atoms with Crippen LogP contribution < -0.4 is 42.5 Å². The quantitative estimate of drug-likeness (QED) is 0.00400. The molecule has 5 aliphatic heterocycles. The minimum Gasteiger partial charge on any atom is -0.481 e. The van der Waals surface area contributed by atoms with Crippen LogP contribution in [0.15, 0.2) is 60.7 Å². The van der Waals surface area contributed by atoms with Crippen molar-refractivity contribution in [1.29, 1.82) is 5.26 Å². The van der Waals surface area contributed by atoms with E-state index >= 15 is 0 Å². The molecule has 11 N–H and O–H groups in total. The summed E-state index contributed by atoms with van der Waals surface area (Å²) in [4.78, 5) is 91.8. The molecule has 12 rings (SSSR count). The maximum absolute atomic E-state index is 14.3. The van der Waals surface area contributed by atoms with E-state index in [9.17, 15) is 138 Å². The molecule has 27 nitrogen and oxygen atoms in total. The zero-order valence-electron chi connectivity index (χ0n) is 64.8. The summed E-state index contributed by atoms with van der Waals surface area (Å²) in [6.45, 7) is 10.5. The van der Waals surface area contributed by atoms with Gasteiger partial charge in [-0.1, -0.05) is 26.8 Å². The number of ketones is 1. The highest BCUT2D eigenvalue weighted by atomic mass is 32.0. The Bertz CT molecular complexity index is 4780. The smallest absolute Gasteiger partial charge is 0.481 e. The molecule has 0 radical (unpaired) electrons. The van der Waals surface area contributed by atoms with Gasteiger partial charge in [-0.3, -0.25) is 23.6 Å². The minimum atomic E-state index is -2.42. The van der Waals surface area contributed by atoms with E-state index in [0.717, 1.165) is 41.7 Å². The van der Waals surface area contributed by atoms with Crippen molar-refractivity contribution in [3.05, 3.63) is 204 Å². The Morgan fingerprint density at radius 2 is 0.754 bits per heavy atom. The van der Waals surface area contributed by atoms with Crippen LogP contribution in [-0.2, 0) is 65.9 Å². The predicted octanol–water partition coefficient (Wildman–Crippen LogP) is 6.96. The Balaban J connectivity index is 0.000000321. The first-order chi connectivity index (χ1) is 58.0. The van der Waals surface area contributed by atoms with Crippen LogP contribution in [0.1, 0.15) is 141 Å². The van der Waals surface area contributed by atoms with Gasteiger partial charge in [0.05, 0.1) is 72.8 Å². The van der Waals surface area contributed by atoms with Gasteiger partial charge in [0.1, 0.15) is 44.2 Å². The molecule has 122 heavy (non-hydrogen) atoms. The summed E-state index contributed by atoms with van der Waals surface area (Å²) < 4.78 is 260. The summed E-state index contributed by atoms with van der Waals surface area (Å²) in [6.07, 6.45) is 1.67. The van der Waals surface area contributed by atoms with Crippen molar-refractivity contribution in [2.75, 3.05) is 46.4 Å². The number of hydrogen-bond donors (Lipinski definition) is 10. The SMILES string of the molecule is CC#N.CCN(CC)CC.NCCCCC(=O)O.O=C(O)CN(CCCC(=O)c1cc(F)c2c(c1)B(O)OC2)C(=O)c1cc(F)c2c(c1)B(O)OC2.O=C(O)c1cc(F)c2c(c1)B(O)OC2.O=C(Oc1c(F)c(F)c(F)c(F)c1F)c1cc(F)c2c(c1)B(O)OC2.O=C(Oc1c(F)c(F)c(F)c(F)c1F)c1cc(F)c2c(c1)B(O)OC2.OPPF.[2H]CF. The number of esters is 2. The van der Waals surface area contributed by atoms with Crippen LogP contribution in [0.4, 0.5) is 74.4 Å². The number of fused-ring (bicyclic) bond motifs is 5. The first-order valence-corrected chi connectivity index (χ1v) is 37.8. The fourth-order valence-corrected chi connectivity index (χ4v) is 11.0. The second kappa shape index (κ2) is 49.9. The van der Waals surface area contributed by atoms with Gasteiger partial charge < -0.3 is 93.6 Å². The number of aliphatic carboxylic acids is 2. The normalized spacial score (nSPS) is 12.9. The third-order valence-electron chi connectivity index (χ3n) is 17.1. The fourth-order valence-electron chi connectivity index (χ4n) is 11.0. The summed E-state index contributed by atoms with van der Waals surface area (Å²) in [6, 6.07) is 11.6. The first-order valence-electron chi connectivity index (χ1n) is 35.7. The van der Waals surface area contributed by atoms with E-state index < -0.39 is 218 Å². The maximum Gasteiger partial charge on any atom is 0.491 e. The second-order valence-electron chi connectivity index (χ2n) is 24.7. The van der Waals surface area contributed by atoms with Crippen LogP contribution >= 0.6 is 17.1 Å². The lowest BCUT2D eigenvalue weighted by Crippen LogP contribution is -2.38. The third-order valence-corrected chi connectivity index (χ3v) is 17.4.